The Kier molecular flexibility index (Phi) is 4.47. The van der Waals surface area contributed by atoms with Crippen LogP contribution in [0.25, 0.3) is 0 Å². The number of carboxylic acids is 1. The first-order valence-corrected chi connectivity index (χ1v) is 7.21. The van der Waals surface area contributed by atoms with E-state index in [1.807, 2.05) is 18.2 Å². The number of ether oxygens (including phenoxy) is 2. The minimum Gasteiger partial charge on any atom is -0.493 e. The maximum atomic E-state index is 11.6. The van der Waals surface area contributed by atoms with Crippen molar-refractivity contribution in [3.8, 4) is 11.5 Å². The number of carbonyl (C=O) groups is 1. The first-order chi connectivity index (χ1) is 10.3. The first-order valence-electron chi connectivity index (χ1n) is 7.21. The van der Waals surface area contributed by atoms with Gasteiger partial charge >= 0.3 is 5.97 Å². The van der Waals surface area contributed by atoms with Gasteiger partial charge < -0.3 is 14.6 Å². The molecule has 1 aliphatic rings. The molecule has 5 nitrogen and oxygen atoms in total. The molecule has 2 unspecified atom stereocenters. The van der Waals surface area contributed by atoms with Gasteiger partial charge in [0.2, 0.25) is 0 Å². The third-order valence-electron chi connectivity index (χ3n) is 3.92. The van der Waals surface area contributed by atoms with E-state index >= 15 is 0 Å². The second kappa shape index (κ2) is 6.01. The van der Waals surface area contributed by atoms with Crippen LogP contribution in [0.2, 0.25) is 0 Å². The Bertz CT molecular complexity index is 601. The topological polar surface area (TPSA) is 67.8 Å². The summed E-state index contributed by atoms with van der Waals surface area (Å²) < 4.78 is 10.5. The summed E-state index contributed by atoms with van der Waals surface area (Å²) in [6, 6.07) is 5.11. The number of methoxy groups -OCH3 is 2. The van der Waals surface area contributed by atoms with Crippen LogP contribution >= 0.6 is 0 Å². The van der Waals surface area contributed by atoms with E-state index in [1.54, 1.807) is 20.3 Å². The SMILES string of the molecule is COc1ccc(C2NC(C(C)(C)C)C=C2C(=O)O)cc1OC. The van der Waals surface area contributed by atoms with E-state index < -0.39 is 5.97 Å². The molecule has 0 saturated carbocycles. The molecular formula is C17H23NO4. The van der Waals surface area contributed by atoms with Gasteiger partial charge in [0, 0.05) is 6.04 Å². The van der Waals surface area contributed by atoms with Crippen LogP contribution in [0.1, 0.15) is 32.4 Å². The molecule has 0 saturated heterocycles. The lowest BCUT2D eigenvalue weighted by Gasteiger charge is -2.27. The Morgan fingerprint density at radius 3 is 2.32 bits per heavy atom. The maximum absolute atomic E-state index is 11.6. The van der Waals surface area contributed by atoms with Crippen LogP contribution in [0.15, 0.2) is 29.8 Å². The summed E-state index contributed by atoms with van der Waals surface area (Å²) in [6.07, 6.45) is 1.81. The lowest BCUT2D eigenvalue weighted by Crippen LogP contribution is -2.36. The van der Waals surface area contributed by atoms with Gasteiger partial charge in [-0.2, -0.15) is 0 Å². The summed E-state index contributed by atoms with van der Waals surface area (Å²) in [6.45, 7) is 6.24. The molecule has 1 heterocycles. The normalized spacial score (nSPS) is 21.4. The van der Waals surface area contributed by atoms with Crippen LogP contribution < -0.4 is 14.8 Å². The van der Waals surface area contributed by atoms with Crippen LogP contribution in [0.5, 0.6) is 11.5 Å². The Morgan fingerprint density at radius 2 is 1.82 bits per heavy atom. The van der Waals surface area contributed by atoms with E-state index in [0.717, 1.165) is 5.56 Å². The smallest absolute Gasteiger partial charge is 0.333 e. The van der Waals surface area contributed by atoms with Gasteiger partial charge in [0.15, 0.2) is 11.5 Å². The van der Waals surface area contributed by atoms with Crippen LogP contribution in [0, 0.1) is 5.41 Å². The Morgan fingerprint density at radius 1 is 1.18 bits per heavy atom. The molecule has 0 fully saturated rings. The molecule has 2 rings (SSSR count). The molecule has 22 heavy (non-hydrogen) atoms. The summed E-state index contributed by atoms with van der Waals surface area (Å²) in [5.74, 6) is 0.308. The van der Waals surface area contributed by atoms with Gasteiger partial charge in [0.1, 0.15) is 0 Å². The predicted molar refractivity (Wildman–Crippen MR) is 84.4 cm³/mol. The molecular weight excluding hydrogens is 282 g/mol. The highest BCUT2D eigenvalue weighted by atomic mass is 16.5. The molecule has 0 spiro atoms. The number of benzene rings is 1. The van der Waals surface area contributed by atoms with Crippen molar-refractivity contribution in [3.63, 3.8) is 0 Å². The van der Waals surface area contributed by atoms with Crippen molar-refractivity contribution in [1.29, 1.82) is 0 Å². The van der Waals surface area contributed by atoms with Crippen LogP contribution in [-0.4, -0.2) is 31.3 Å². The molecule has 0 aromatic heterocycles. The van der Waals surface area contributed by atoms with Gasteiger partial charge in [-0.25, -0.2) is 4.79 Å². The number of nitrogens with one attached hydrogen (secondary N) is 1. The average Bonchev–Trinajstić information content (AvgIpc) is 2.92. The van der Waals surface area contributed by atoms with Crippen molar-refractivity contribution in [1.82, 2.24) is 5.32 Å². The quantitative estimate of drug-likeness (QED) is 0.895. The van der Waals surface area contributed by atoms with E-state index in [0.29, 0.717) is 17.1 Å². The molecule has 1 aromatic rings. The summed E-state index contributed by atoms with van der Waals surface area (Å²) in [5, 5.41) is 12.9. The highest BCUT2D eigenvalue weighted by Gasteiger charge is 2.36. The number of carboxylic acid groups (broad SMARTS) is 1. The zero-order chi connectivity index (χ0) is 16.5. The van der Waals surface area contributed by atoms with Gasteiger partial charge in [-0.15, -0.1) is 0 Å². The third-order valence-corrected chi connectivity index (χ3v) is 3.92. The van der Waals surface area contributed by atoms with Crippen molar-refractivity contribution in [2.24, 2.45) is 5.41 Å². The molecule has 2 N–H and O–H groups in total. The predicted octanol–water partition coefficient (Wildman–Crippen LogP) is 2.77. The summed E-state index contributed by atoms with van der Waals surface area (Å²) >= 11 is 0. The second-order valence-corrected chi connectivity index (χ2v) is 6.48. The molecule has 1 aliphatic heterocycles. The third kappa shape index (κ3) is 3.09. The number of aliphatic carboxylic acids is 1. The van der Waals surface area contributed by atoms with Crippen molar-refractivity contribution < 1.29 is 19.4 Å². The molecule has 0 radical (unpaired) electrons. The van der Waals surface area contributed by atoms with Crippen molar-refractivity contribution >= 4 is 5.97 Å². The zero-order valence-electron chi connectivity index (χ0n) is 13.6. The van der Waals surface area contributed by atoms with E-state index in [9.17, 15) is 9.90 Å². The highest BCUT2D eigenvalue weighted by Crippen LogP contribution is 2.37. The molecule has 1 aromatic carbocycles. The van der Waals surface area contributed by atoms with Crippen LogP contribution in [0.4, 0.5) is 0 Å². The fourth-order valence-electron chi connectivity index (χ4n) is 2.60. The molecule has 0 amide bonds. The van der Waals surface area contributed by atoms with Gasteiger partial charge in [0.25, 0.3) is 0 Å². The zero-order valence-corrected chi connectivity index (χ0v) is 13.6. The lowest BCUT2D eigenvalue weighted by molar-refractivity contribution is -0.132. The van der Waals surface area contributed by atoms with Crippen LogP contribution in [0.3, 0.4) is 0 Å². The van der Waals surface area contributed by atoms with Gasteiger partial charge in [-0.3, -0.25) is 5.32 Å². The number of hydrogen-bond donors (Lipinski definition) is 2. The lowest BCUT2D eigenvalue weighted by atomic mass is 9.87. The fourth-order valence-corrected chi connectivity index (χ4v) is 2.60. The Balaban J connectivity index is 2.39. The maximum Gasteiger partial charge on any atom is 0.333 e. The fraction of sp³-hybridized carbons (Fsp3) is 0.471. The van der Waals surface area contributed by atoms with E-state index in [1.165, 1.54) is 0 Å². The van der Waals surface area contributed by atoms with E-state index in [4.69, 9.17) is 9.47 Å². The standard InChI is InChI=1S/C17H23NO4/c1-17(2,3)14-9-11(16(19)20)15(18-14)10-6-7-12(21-4)13(8-10)22-5/h6-9,14-15,18H,1-5H3,(H,19,20). The Hall–Kier alpha value is -2.01. The molecule has 120 valence electrons. The van der Waals surface area contributed by atoms with Crippen molar-refractivity contribution in [2.45, 2.75) is 32.9 Å². The molecule has 5 heteroatoms. The number of rotatable bonds is 4. The van der Waals surface area contributed by atoms with E-state index in [2.05, 4.69) is 26.1 Å². The van der Waals surface area contributed by atoms with Crippen LogP contribution in [-0.2, 0) is 4.79 Å². The number of hydrogen-bond acceptors (Lipinski definition) is 4. The summed E-state index contributed by atoms with van der Waals surface area (Å²) in [4.78, 5) is 11.6. The monoisotopic (exact) mass is 305 g/mol. The minimum absolute atomic E-state index is 0.00306. The minimum atomic E-state index is -0.904. The molecule has 0 aliphatic carbocycles. The van der Waals surface area contributed by atoms with Crippen molar-refractivity contribution in [3.05, 3.63) is 35.4 Å². The van der Waals surface area contributed by atoms with E-state index in [-0.39, 0.29) is 17.5 Å². The summed E-state index contributed by atoms with van der Waals surface area (Å²) in [7, 11) is 3.14. The van der Waals surface area contributed by atoms with Gasteiger partial charge in [-0.1, -0.05) is 32.9 Å². The van der Waals surface area contributed by atoms with Gasteiger partial charge in [-0.05, 0) is 23.1 Å². The second-order valence-electron chi connectivity index (χ2n) is 6.48. The van der Waals surface area contributed by atoms with Gasteiger partial charge in [0.05, 0.1) is 25.8 Å². The Labute approximate surface area is 130 Å². The molecule has 0 bridgehead atoms. The molecule has 2 atom stereocenters. The largest absolute Gasteiger partial charge is 0.493 e. The average molecular weight is 305 g/mol. The van der Waals surface area contributed by atoms with Crippen molar-refractivity contribution in [2.75, 3.05) is 14.2 Å². The first kappa shape index (κ1) is 16.4. The summed E-state index contributed by atoms with van der Waals surface area (Å²) in [5.41, 5.74) is 1.15. The highest BCUT2D eigenvalue weighted by molar-refractivity contribution is 5.89.